The summed E-state index contributed by atoms with van der Waals surface area (Å²) in [5.74, 6) is 0.939. The minimum absolute atomic E-state index is 0.0280. The summed E-state index contributed by atoms with van der Waals surface area (Å²) < 4.78 is 0. The van der Waals surface area contributed by atoms with Gasteiger partial charge in [0.15, 0.2) is 0 Å². The number of likely N-dealkylation sites (tertiary alicyclic amines) is 1. The number of piperidine rings is 1. The van der Waals surface area contributed by atoms with Crippen molar-refractivity contribution in [3.05, 3.63) is 41.6 Å². The highest BCUT2D eigenvalue weighted by molar-refractivity contribution is 6.35. The largest absolute Gasteiger partial charge is 0.366 e. The molecule has 1 aromatic rings. The number of carbonyl (C=O) groups is 2. The fraction of sp³-hybridized carbons (Fsp3) is 0.655. The van der Waals surface area contributed by atoms with Gasteiger partial charge in [-0.1, -0.05) is 102 Å². The molecule has 2 heterocycles. The van der Waals surface area contributed by atoms with E-state index >= 15 is 0 Å². The van der Waals surface area contributed by atoms with Gasteiger partial charge in [0.05, 0.1) is 5.57 Å². The lowest BCUT2D eigenvalue weighted by molar-refractivity contribution is -0.140. The molecule has 2 atom stereocenters. The summed E-state index contributed by atoms with van der Waals surface area (Å²) in [6.07, 6.45) is 14.2. The second-order valence-corrected chi connectivity index (χ2v) is 10.8. The smallest absolute Gasteiger partial charge is 0.278 e. The van der Waals surface area contributed by atoms with Crippen molar-refractivity contribution in [2.45, 2.75) is 96.9 Å². The molecule has 1 saturated heterocycles. The molecular weight excluding hydrogens is 408 g/mol. The molecule has 4 rings (SSSR count). The number of rotatable bonds is 3. The minimum Gasteiger partial charge on any atom is -0.366 e. The molecule has 33 heavy (non-hydrogen) atoms. The first-order chi connectivity index (χ1) is 16.1. The van der Waals surface area contributed by atoms with E-state index in [9.17, 15) is 9.59 Å². The van der Waals surface area contributed by atoms with E-state index in [4.69, 9.17) is 0 Å². The van der Waals surface area contributed by atoms with Gasteiger partial charge in [0, 0.05) is 19.1 Å². The van der Waals surface area contributed by atoms with E-state index in [1.807, 2.05) is 30.3 Å². The highest BCUT2D eigenvalue weighted by Gasteiger charge is 2.45. The Morgan fingerprint density at radius 2 is 1.21 bits per heavy atom. The first kappa shape index (κ1) is 24.0. The lowest BCUT2D eigenvalue weighted by atomic mass is 9.91. The van der Waals surface area contributed by atoms with Gasteiger partial charge in [0.1, 0.15) is 5.70 Å². The molecule has 1 saturated carbocycles. The van der Waals surface area contributed by atoms with E-state index in [2.05, 4.69) is 18.7 Å². The van der Waals surface area contributed by atoms with Crippen LogP contribution in [0.5, 0.6) is 0 Å². The first-order valence-corrected chi connectivity index (χ1v) is 13.5. The molecule has 0 aromatic heterocycles. The molecule has 180 valence electrons. The zero-order valence-corrected chi connectivity index (χ0v) is 20.7. The van der Waals surface area contributed by atoms with E-state index < -0.39 is 0 Å². The number of carbonyl (C=O) groups excluding carboxylic acids is 2. The number of amides is 2. The molecule has 2 amide bonds. The summed E-state index contributed by atoms with van der Waals surface area (Å²) in [6, 6.07) is 9.92. The molecule has 3 aliphatic rings. The van der Waals surface area contributed by atoms with Gasteiger partial charge >= 0.3 is 0 Å². The van der Waals surface area contributed by atoms with Crippen LogP contribution >= 0.6 is 0 Å². The van der Waals surface area contributed by atoms with Gasteiger partial charge in [-0.15, -0.1) is 0 Å². The van der Waals surface area contributed by atoms with Crippen LogP contribution in [-0.4, -0.2) is 40.7 Å². The lowest BCUT2D eigenvalue weighted by Gasteiger charge is -2.37. The first-order valence-electron chi connectivity index (χ1n) is 13.5. The molecule has 4 heteroatoms. The van der Waals surface area contributed by atoms with Crippen molar-refractivity contribution in [3.63, 3.8) is 0 Å². The fourth-order valence-corrected chi connectivity index (χ4v) is 6.27. The normalized spacial score (nSPS) is 27.0. The Balaban J connectivity index is 1.64. The summed E-state index contributed by atoms with van der Waals surface area (Å²) in [5.41, 5.74) is 2.18. The third kappa shape index (κ3) is 5.70. The highest BCUT2D eigenvalue weighted by atomic mass is 16.2. The van der Waals surface area contributed by atoms with Crippen LogP contribution in [0.4, 0.5) is 0 Å². The molecule has 2 unspecified atom stereocenters. The van der Waals surface area contributed by atoms with Crippen LogP contribution in [0.25, 0.3) is 5.57 Å². The quantitative estimate of drug-likeness (QED) is 0.499. The van der Waals surface area contributed by atoms with Crippen molar-refractivity contribution >= 4 is 17.4 Å². The Morgan fingerprint density at radius 3 is 1.76 bits per heavy atom. The maximum absolute atomic E-state index is 14.0. The summed E-state index contributed by atoms with van der Waals surface area (Å²) in [6.45, 7) is 6.23. The maximum atomic E-state index is 14.0. The van der Waals surface area contributed by atoms with Crippen molar-refractivity contribution in [2.75, 3.05) is 13.1 Å². The third-order valence-corrected chi connectivity index (χ3v) is 7.78. The molecule has 2 aliphatic heterocycles. The van der Waals surface area contributed by atoms with Gasteiger partial charge in [0.2, 0.25) is 0 Å². The zero-order chi connectivity index (χ0) is 23.2. The lowest BCUT2D eigenvalue weighted by Crippen LogP contribution is -2.45. The van der Waals surface area contributed by atoms with Crippen LogP contribution in [0.15, 0.2) is 36.0 Å². The number of hydrogen-bond donors (Lipinski definition) is 0. The van der Waals surface area contributed by atoms with E-state index in [1.54, 1.807) is 4.90 Å². The van der Waals surface area contributed by atoms with E-state index in [1.165, 1.54) is 51.4 Å². The molecule has 0 spiro atoms. The van der Waals surface area contributed by atoms with Crippen LogP contribution in [0.1, 0.15) is 96.5 Å². The second-order valence-electron chi connectivity index (χ2n) is 10.8. The van der Waals surface area contributed by atoms with Crippen molar-refractivity contribution in [2.24, 2.45) is 11.8 Å². The Kier molecular flexibility index (Phi) is 8.27. The Morgan fingerprint density at radius 1 is 0.697 bits per heavy atom. The number of nitrogens with zero attached hydrogens (tertiary/aromatic N) is 2. The van der Waals surface area contributed by atoms with Crippen molar-refractivity contribution in [1.82, 2.24) is 9.80 Å². The third-order valence-electron chi connectivity index (χ3n) is 7.78. The zero-order valence-electron chi connectivity index (χ0n) is 20.7. The van der Waals surface area contributed by atoms with Crippen LogP contribution in [0, 0.1) is 11.8 Å². The average Bonchev–Trinajstić information content (AvgIpc) is 3.04. The molecule has 4 nitrogen and oxygen atoms in total. The van der Waals surface area contributed by atoms with Gasteiger partial charge in [-0.05, 0) is 36.7 Å². The minimum atomic E-state index is -0.0656. The number of benzene rings is 1. The predicted molar refractivity (Wildman–Crippen MR) is 134 cm³/mol. The molecule has 1 aliphatic carbocycles. The van der Waals surface area contributed by atoms with E-state index in [0.717, 1.165) is 44.3 Å². The van der Waals surface area contributed by atoms with Crippen LogP contribution in [0.3, 0.4) is 0 Å². The average molecular weight is 451 g/mol. The molecule has 2 fully saturated rings. The Bertz CT molecular complexity index is 824. The van der Waals surface area contributed by atoms with E-state index in [0.29, 0.717) is 23.1 Å². The van der Waals surface area contributed by atoms with Gasteiger partial charge in [-0.2, -0.15) is 0 Å². The molecule has 1 aromatic carbocycles. The number of hydrogen-bond acceptors (Lipinski definition) is 3. The maximum Gasteiger partial charge on any atom is 0.278 e. The van der Waals surface area contributed by atoms with Crippen LogP contribution in [-0.2, 0) is 9.59 Å². The second kappa shape index (κ2) is 11.4. The highest BCUT2D eigenvalue weighted by Crippen LogP contribution is 2.37. The van der Waals surface area contributed by atoms with E-state index in [-0.39, 0.29) is 17.9 Å². The summed E-state index contributed by atoms with van der Waals surface area (Å²) in [4.78, 5) is 31.8. The molecule has 0 N–H and O–H groups in total. The SMILES string of the molecule is CC1CC(C)CN(C2=C(c3ccccc3)C(=O)N(C3CCCCCCCCCCC3)C2=O)C1. The van der Waals surface area contributed by atoms with Crippen LogP contribution < -0.4 is 0 Å². The summed E-state index contributed by atoms with van der Waals surface area (Å²) in [7, 11) is 0. The monoisotopic (exact) mass is 450 g/mol. The predicted octanol–water partition coefficient (Wildman–Crippen LogP) is 6.42. The Labute approximate surface area is 200 Å². The van der Waals surface area contributed by atoms with Gasteiger partial charge in [0.25, 0.3) is 11.8 Å². The molecular formula is C29H42N2O2. The Hall–Kier alpha value is -2.10. The summed E-state index contributed by atoms with van der Waals surface area (Å²) >= 11 is 0. The van der Waals surface area contributed by atoms with Crippen molar-refractivity contribution in [3.8, 4) is 0 Å². The van der Waals surface area contributed by atoms with Crippen molar-refractivity contribution in [1.29, 1.82) is 0 Å². The standard InChI is InChI=1S/C29H42N2O2/c1-22-19-23(2)21-30(20-22)27-26(24-15-11-10-12-16-24)28(32)31(29(27)33)25-17-13-8-6-4-3-5-7-9-14-18-25/h10-12,15-16,22-23,25H,3-9,13-14,17-21H2,1-2H3. The number of imide groups is 1. The van der Waals surface area contributed by atoms with Gasteiger partial charge < -0.3 is 4.90 Å². The van der Waals surface area contributed by atoms with Gasteiger partial charge in [-0.3, -0.25) is 14.5 Å². The molecule has 0 bridgehead atoms. The topological polar surface area (TPSA) is 40.6 Å². The van der Waals surface area contributed by atoms with Crippen LogP contribution in [0.2, 0.25) is 0 Å². The van der Waals surface area contributed by atoms with Gasteiger partial charge in [-0.25, -0.2) is 0 Å². The molecule has 0 radical (unpaired) electrons. The summed E-state index contributed by atoms with van der Waals surface area (Å²) in [5, 5.41) is 0. The van der Waals surface area contributed by atoms with Crippen molar-refractivity contribution < 1.29 is 9.59 Å². The fourth-order valence-electron chi connectivity index (χ4n) is 6.27.